The van der Waals surface area contributed by atoms with Gasteiger partial charge in [0.2, 0.25) is 5.01 Å². The number of benzene rings is 2. The van der Waals surface area contributed by atoms with E-state index in [0.29, 0.717) is 12.0 Å². The van der Waals surface area contributed by atoms with E-state index in [9.17, 15) is 10.0 Å². The number of hydrogen-bond acceptors (Lipinski definition) is 3. The van der Waals surface area contributed by atoms with Gasteiger partial charge in [0.15, 0.2) is 12.7 Å². The Morgan fingerprint density at radius 3 is 2.43 bits per heavy atom. The summed E-state index contributed by atoms with van der Waals surface area (Å²) in [5.74, 6) is 0. The summed E-state index contributed by atoms with van der Waals surface area (Å²) in [5.41, 5.74) is 4.10. The molecule has 0 radical (unpaired) electrons. The molecule has 23 heavy (non-hydrogen) atoms. The molecule has 0 aliphatic rings. The largest absolute Gasteiger partial charge is 0.488 e. The number of nitrogens with zero attached hydrogens (tertiary/aromatic N) is 1. The molecule has 1 aromatic heterocycles. The molecule has 0 amide bonds. The van der Waals surface area contributed by atoms with Gasteiger partial charge in [-0.2, -0.15) is 4.57 Å². The molecule has 0 saturated heterocycles. The van der Waals surface area contributed by atoms with Crippen LogP contribution in [0.25, 0.3) is 0 Å². The molecule has 0 aliphatic carbocycles. The molecule has 1 heterocycles. The van der Waals surface area contributed by atoms with Crippen LogP contribution in [0.1, 0.15) is 21.7 Å². The molecule has 0 spiro atoms. The SMILES string of the molecule is Cc1ccccc1Cc1scc[n+]1Cc1ccccc1B(O)O. The zero-order valence-electron chi connectivity index (χ0n) is 13.0. The van der Waals surface area contributed by atoms with Crippen LogP contribution in [0.5, 0.6) is 0 Å². The van der Waals surface area contributed by atoms with E-state index >= 15 is 0 Å². The molecule has 0 unspecified atom stereocenters. The fourth-order valence-electron chi connectivity index (χ4n) is 2.70. The molecule has 5 heteroatoms. The van der Waals surface area contributed by atoms with Crippen LogP contribution < -0.4 is 10.0 Å². The van der Waals surface area contributed by atoms with Crippen molar-refractivity contribution in [2.75, 3.05) is 0 Å². The van der Waals surface area contributed by atoms with Gasteiger partial charge in [-0.15, -0.1) is 0 Å². The predicted octanol–water partition coefficient (Wildman–Crippen LogP) is 1.66. The third-order valence-corrected chi connectivity index (χ3v) is 4.95. The van der Waals surface area contributed by atoms with E-state index in [4.69, 9.17) is 0 Å². The lowest BCUT2D eigenvalue weighted by Gasteiger charge is -2.07. The predicted molar refractivity (Wildman–Crippen MR) is 93.9 cm³/mol. The summed E-state index contributed by atoms with van der Waals surface area (Å²) in [7, 11) is -1.44. The molecule has 2 aromatic carbocycles. The minimum absolute atomic E-state index is 0.563. The normalized spacial score (nSPS) is 10.7. The smallest absolute Gasteiger partial charge is 0.423 e. The first-order valence-electron chi connectivity index (χ1n) is 7.59. The molecule has 116 valence electrons. The molecule has 2 N–H and O–H groups in total. The van der Waals surface area contributed by atoms with Crippen molar-refractivity contribution in [1.82, 2.24) is 0 Å². The summed E-state index contributed by atoms with van der Waals surface area (Å²) < 4.78 is 2.18. The highest BCUT2D eigenvalue weighted by molar-refractivity contribution is 7.09. The lowest BCUT2D eigenvalue weighted by molar-refractivity contribution is -0.690. The third-order valence-electron chi connectivity index (χ3n) is 4.04. The highest BCUT2D eigenvalue weighted by Crippen LogP contribution is 2.14. The van der Waals surface area contributed by atoms with E-state index in [2.05, 4.69) is 47.3 Å². The van der Waals surface area contributed by atoms with Crippen LogP contribution in [-0.2, 0) is 13.0 Å². The Morgan fingerprint density at radius 1 is 1.00 bits per heavy atom. The van der Waals surface area contributed by atoms with Gasteiger partial charge in [0.1, 0.15) is 0 Å². The molecule has 0 aliphatic heterocycles. The second kappa shape index (κ2) is 7.09. The average molecular weight is 324 g/mol. The zero-order valence-corrected chi connectivity index (χ0v) is 13.8. The number of aryl methyl sites for hydroxylation is 1. The third kappa shape index (κ3) is 3.70. The summed E-state index contributed by atoms with van der Waals surface area (Å²) in [6.45, 7) is 2.77. The highest BCUT2D eigenvalue weighted by Gasteiger charge is 2.20. The van der Waals surface area contributed by atoms with Crippen molar-refractivity contribution < 1.29 is 14.6 Å². The molecular weight excluding hydrogens is 305 g/mol. The Balaban J connectivity index is 1.86. The van der Waals surface area contributed by atoms with Crippen molar-refractivity contribution in [3.8, 4) is 0 Å². The van der Waals surface area contributed by atoms with Gasteiger partial charge in [0.25, 0.3) is 0 Å². The van der Waals surface area contributed by atoms with Gasteiger partial charge in [0, 0.05) is 5.56 Å². The van der Waals surface area contributed by atoms with E-state index < -0.39 is 7.12 Å². The molecule has 0 saturated carbocycles. The topological polar surface area (TPSA) is 44.3 Å². The van der Waals surface area contributed by atoms with E-state index in [1.165, 1.54) is 16.1 Å². The summed E-state index contributed by atoms with van der Waals surface area (Å²) in [5, 5.41) is 22.4. The van der Waals surface area contributed by atoms with Crippen molar-refractivity contribution >= 4 is 23.9 Å². The number of aromatic nitrogens is 1. The second-order valence-corrected chi connectivity index (χ2v) is 6.58. The summed E-state index contributed by atoms with van der Waals surface area (Å²) in [6.07, 6.45) is 2.94. The van der Waals surface area contributed by atoms with Crippen LogP contribution in [-0.4, -0.2) is 17.2 Å². The zero-order chi connectivity index (χ0) is 16.2. The van der Waals surface area contributed by atoms with E-state index in [1.54, 1.807) is 17.4 Å². The van der Waals surface area contributed by atoms with Gasteiger partial charge in [-0.05, 0) is 23.5 Å². The lowest BCUT2D eigenvalue weighted by Crippen LogP contribution is -2.41. The maximum absolute atomic E-state index is 9.52. The fourth-order valence-corrected chi connectivity index (χ4v) is 3.57. The van der Waals surface area contributed by atoms with Crippen LogP contribution >= 0.6 is 11.3 Å². The molecule has 0 atom stereocenters. The minimum atomic E-state index is -1.44. The summed E-state index contributed by atoms with van der Waals surface area (Å²) in [6, 6.07) is 15.9. The van der Waals surface area contributed by atoms with Crippen LogP contribution in [0.2, 0.25) is 0 Å². The molecule has 3 nitrogen and oxygen atoms in total. The van der Waals surface area contributed by atoms with Crippen LogP contribution in [0.4, 0.5) is 0 Å². The van der Waals surface area contributed by atoms with E-state index in [0.717, 1.165) is 12.0 Å². The Kier molecular flexibility index (Phi) is 4.91. The standard InChI is InChI=1S/C18H19BNO2S/c1-14-6-2-3-7-15(14)12-18-20(10-11-23-18)13-16-8-4-5-9-17(16)19(21)22/h2-11,21-22H,12-13H2,1H3/q+1. The minimum Gasteiger partial charge on any atom is -0.423 e. The van der Waals surface area contributed by atoms with Gasteiger partial charge in [-0.25, -0.2) is 0 Å². The Labute approximate surface area is 140 Å². The molecule has 0 bridgehead atoms. The van der Waals surface area contributed by atoms with Gasteiger partial charge in [0.05, 0.1) is 11.8 Å². The average Bonchev–Trinajstić information content (AvgIpc) is 2.97. The molecular formula is C18H19BNO2S+. The summed E-state index contributed by atoms with van der Waals surface area (Å²) in [4.78, 5) is 0. The van der Waals surface area contributed by atoms with Gasteiger partial charge < -0.3 is 10.0 Å². The Bertz CT molecular complexity index is 801. The first kappa shape index (κ1) is 15.9. The van der Waals surface area contributed by atoms with Crippen molar-refractivity contribution in [2.45, 2.75) is 19.9 Å². The molecule has 0 fully saturated rings. The maximum Gasteiger partial charge on any atom is 0.488 e. The fraction of sp³-hybridized carbons (Fsp3) is 0.167. The van der Waals surface area contributed by atoms with Gasteiger partial charge >= 0.3 is 7.12 Å². The van der Waals surface area contributed by atoms with Crippen molar-refractivity contribution in [2.24, 2.45) is 0 Å². The Hall–Kier alpha value is -1.95. The quantitative estimate of drug-likeness (QED) is 0.554. The van der Waals surface area contributed by atoms with E-state index in [-0.39, 0.29) is 0 Å². The van der Waals surface area contributed by atoms with Crippen molar-refractivity contribution in [3.05, 3.63) is 81.8 Å². The Morgan fingerprint density at radius 2 is 1.70 bits per heavy atom. The van der Waals surface area contributed by atoms with E-state index in [1.807, 2.05) is 18.2 Å². The number of rotatable bonds is 5. The monoisotopic (exact) mass is 324 g/mol. The first-order chi connectivity index (χ1) is 11.1. The van der Waals surface area contributed by atoms with Crippen LogP contribution in [0.3, 0.4) is 0 Å². The second-order valence-electron chi connectivity index (χ2n) is 5.60. The first-order valence-corrected chi connectivity index (χ1v) is 8.47. The highest BCUT2D eigenvalue weighted by atomic mass is 32.1. The number of thiazole rings is 1. The van der Waals surface area contributed by atoms with Crippen LogP contribution in [0.15, 0.2) is 60.1 Å². The molecule has 3 rings (SSSR count). The van der Waals surface area contributed by atoms with Gasteiger partial charge in [-0.1, -0.05) is 59.9 Å². The number of hydrogen-bond donors (Lipinski definition) is 2. The summed E-state index contributed by atoms with van der Waals surface area (Å²) >= 11 is 1.72. The van der Waals surface area contributed by atoms with Crippen LogP contribution in [0, 0.1) is 6.92 Å². The van der Waals surface area contributed by atoms with Crippen molar-refractivity contribution in [1.29, 1.82) is 0 Å². The lowest BCUT2D eigenvalue weighted by atomic mass is 9.77. The molecule has 3 aromatic rings. The maximum atomic E-state index is 9.52. The van der Waals surface area contributed by atoms with Crippen molar-refractivity contribution in [3.63, 3.8) is 0 Å². The van der Waals surface area contributed by atoms with Gasteiger partial charge in [-0.3, -0.25) is 0 Å².